The molecular formula is C20H25N5O2S. The van der Waals surface area contributed by atoms with Crippen molar-refractivity contribution in [3.8, 4) is 0 Å². The van der Waals surface area contributed by atoms with Gasteiger partial charge in [0.15, 0.2) is 0 Å². The summed E-state index contributed by atoms with van der Waals surface area (Å²) in [6, 6.07) is 9.39. The van der Waals surface area contributed by atoms with E-state index in [9.17, 15) is 9.59 Å². The summed E-state index contributed by atoms with van der Waals surface area (Å²) in [4.78, 5) is 31.7. The second kappa shape index (κ2) is 8.36. The number of hydrogen-bond acceptors (Lipinski definition) is 6. The van der Waals surface area contributed by atoms with Crippen LogP contribution < -0.4 is 16.0 Å². The number of nitrogens with one attached hydrogen (secondary N) is 1. The van der Waals surface area contributed by atoms with Crippen LogP contribution in [0.4, 0.5) is 5.69 Å². The summed E-state index contributed by atoms with van der Waals surface area (Å²) in [5.74, 6) is 0.153. The largest absolute Gasteiger partial charge is 0.367 e. The second-order valence-electron chi connectivity index (χ2n) is 7.25. The highest BCUT2D eigenvalue weighted by Crippen LogP contribution is 2.29. The molecule has 2 aromatic rings. The molecule has 2 heterocycles. The maximum absolute atomic E-state index is 12.8. The van der Waals surface area contributed by atoms with E-state index in [-0.39, 0.29) is 17.3 Å². The molecule has 1 N–H and O–H groups in total. The lowest BCUT2D eigenvalue weighted by Crippen LogP contribution is -2.54. The summed E-state index contributed by atoms with van der Waals surface area (Å²) in [6.07, 6.45) is 2.83. The molecule has 2 aliphatic rings. The zero-order valence-corrected chi connectivity index (χ0v) is 16.9. The molecule has 7 nitrogen and oxygen atoms in total. The summed E-state index contributed by atoms with van der Waals surface area (Å²) < 4.78 is 1.80. The highest BCUT2D eigenvalue weighted by molar-refractivity contribution is 8.00. The minimum Gasteiger partial charge on any atom is -0.325 e. The maximum atomic E-state index is 12.8. The summed E-state index contributed by atoms with van der Waals surface area (Å²) in [5, 5.41) is 5.71. The van der Waals surface area contributed by atoms with Crippen molar-refractivity contribution in [2.75, 3.05) is 49.3 Å². The minimum absolute atomic E-state index is 0.0898. The van der Waals surface area contributed by atoms with Crippen LogP contribution in [0.25, 0.3) is 0 Å². The van der Waals surface area contributed by atoms with Gasteiger partial charge < -0.3 is 15.2 Å². The summed E-state index contributed by atoms with van der Waals surface area (Å²) in [5.41, 5.74) is 2.76. The lowest BCUT2D eigenvalue weighted by atomic mass is 10.3. The van der Waals surface area contributed by atoms with Gasteiger partial charge in [0, 0.05) is 37.4 Å². The SMILES string of the molecule is CN1CCN(n2c3c(c(SCC(=O)Nc4ccccc4)nc2=O)CCC3)CC1. The highest BCUT2D eigenvalue weighted by Gasteiger charge is 2.26. The van der Waals surface area contributed by atoms with Crippen LogP contribution in [0, 0.1) is 0 Å². The molecule has 1 saturated heterocycles. The number of para-hydroxylation sites is 1. The molecule has 0 saturated carbocycles. The van der Waals surface area contributed by atoms with Crippen LogP contribution in [-0.4, -0.2) is 59.4 Å². The highest BCUT2D eigenvalue weighted by atomic mass is 32.2. The van der Waals surface area contributed by atoms with Crippen LogP contribution in [0.15, 0.2) is 40.2 Å². The number of aromatic nitrogens is 2. The molecule has 8 heteroatoms. The van der Waals surface area contributed by atoms with Crippen LogP contribution in [0.1, 0.15) is 17.7 Å². The first-order chi connectivity index (χ1) is 13.6. The number of hydrogen-bond donors (Lipinski definition) is 1. The first-order valence-corrected chi connectivity index (χ1v) is 10.7. The fourth-order valence-corrected chi connectivity index (χ4v) is 4.65. The normalized spacial score (nSPS) is 16.8. The van der Waals surface area contributed by atoms with Crippen molar-refractivity contribution in [3.05, 3.63) is 52.1 Å². The Morgan fingerprint density at radius 2 is 1.89 bits per heavy atom. The number of amides is 1. The molecule has 0 atom stereocenters. The van der Waals surface area contributed by atoms with Gasteiger partial charge in [0.05, 0.1) is 11.4 Å². The van der Waals surface area contributed by atoms with Crippen molar-refractivity contribution in [2.24, 2.45) is 0 Å². The first-order valence-electron chi connectivity index (χ1n) is 9.68. The molecule has 1 aliphatic carbocycles. The van der Waals surface area contributed by atoms with Crippen LogP contribution in [0.5, 0.6) is 0 Å². The fraction of sp³-hybridized carbons (Fsp3) is 0.450. The summed E-state index contributed by atoms with van der Waals surface area (Å²) in [7, 11) is 2.10. The molecule has 148 valence electrons. The Morgan fingerprint density at radius 3 is 2.64 bits per heavy atom. The molecule has 0 unspecified atom stereocenters. The Hall–Kier alpha value is -2.32. The van der Waals surface area contributed by atoms with Crippen LogP contribution in [0.3, 0.4) is 0 Å². The predicted molar refractivity (Wildman–Crippen MR) is 112 cm³/mol. The monoisotopic (exact) mass is 399 g/mol. The number of benzene rings is 1. The van der Waals surface area contributed by atoms with Crippen molar-refractivity contribution in [1.82, 2.24) is 14.6 Å². The number of fused-ring (bicyclic) bond motifs is 1. The molecule has 1 aromatic heterocycles. The topological polar surface area (TPSA) is 70.5 Å². The van der Waals surface area contributed by atoms with Gasteiger partial charge in [-0.15, -0.1) is 0 Å². The van der Waals surface area contributed by atoms with E-state index in [0.717, 1.165) is 62.4 Å². The van der Waals surface area contributed by atoms with Crippen molar-refractivity contribution < 1.29 is 4.79 Å². The Balaban J connectivity index is 1.49. The number of carbonyl (C=O) groups is 1. The zero-order chi connectivity index (χ0) is 19.5. The van der Waals surface area contributed by atoms with Gasteiger partial charge in [0.2, 0.25) is 5.91 Å². The van der Waals surface area contributed by atoms with Crippen LogP contribution >= 0.6 is 11.8 Å². The fourth-order valence-electron chi connectivity index (χ4n) is 3.77. The summed E-state index contributed by atoms with van der Waals surface area (Å²) >= 11 is 1.36. The Bertz CT molecular complexity index is 907. The lowest BCUT2D eigenvalue weighted by Gasteiger charge is -2.35. The quantitative estimate of drug-likeness (QED) is 0.605. The molecule has 1 aromatic carbocycles. The van der Waals surface area contributed by atoms with E-state index in [2.05, 4.69) is 27.3 Å². The van der Waals surface area contributed by atoms with Crippen molar-refractivity contribution in [2.45, 2.75) is 24.3 Å². The molecule has 1 aliphatic heterocycles. The first kappa shape index (κ1) is 19.0. The van der Waals surface area contributed by atoms with E-state index in [4.69, 9.17) is 0 Å². The summed E-state index contributed by atoms with van der Waals surface area (Å²) in [6.45, 7) is 3.54. The third kappa shape index (κ3) is 4.07. The van der Waals surface area contributed by atoms with Crippen molar-refractivity contribution in [1.29, 1.82) is 0 Å². The third-order valence-electron chi connectivity index (χ3n) is 5.24. The molecule has 1 fully saturated rings. The number of piperazine rings is 1. The van der Waals surface area contributed by atoms with Crippen LogP contribution in [-0.2, 0) is 17.6 Å². The molecule has 28 heavy (non-hydrogen) atoms. The van der Waals surface area contributed by atoms with Gasteiger partial charge in [-0.1, -0.05) is 30.0 Å². The van der Waals surface area contributed by atoms with E-state index in [1.807, 2.05) is 30.3 Å². The van der Waals surface area contributed by atoms with Gasteiger partial charge in [0.1, 0.15) is 5.03 Å². The Morgan fingerprint density at radius 1 is 1.14 bits per heavy atom. The predicted octanol–water partition coefficient (Wildman–Crippen LogP) is 1.35. The number of likely N-dealkylation sites (N-methyl/N-ethyl adjacent to an activating group) is 1. The minimum atomic E-state index is -0.226. The molecule has 0 spiro atoms. The third-order valence-corrected chi connectivity index (χ3v) is 6.26. The lowest BCUT2D eigenvalue weighted by molar-refractivity contribution is -0.113. The van der Waals surface area contributed by atoms with Gasteiger partial charge >= 0.3 is 5.69 Å². The Labute approximate surface area is 168 Å². The number of thioether (sulfide) groups is 1. The van der Waals surface area contributed by atoms with E-state index in [1.165, 1.54) is 11.8 Å². The van der Waals surface area contributed by atoms with Gasteiger partial charge in [-0.2, -0.15) is 4.98 Å². The number of nitrogens with zero attached hydrogens (tertiary/aromatic N) is 4. The standard InChI is InChI=1S/C20H25N5O2S/c1-23-10-12-24(13-11-23)25-17-9-5-8-16(17)19(22-20(25)27)28-14-18(26)21-15-6-3-2-4-7-15/h2-4,6-7H,5,8-14H2,1H3,(H,21,26). The average Bonchev–Trinajstić information content (AvgIpc) is 3.18. The van der Waals surface area contributed by atoms with Crippen molar-refractivity contribution in [3.63, 3.8) is 0 Å². The van der Waals surface area contributed by atoms with Gasteiger partial charge in [-0.25, -0.2) is 9.47 Å². The Kier molecular flexibility index (Phi) is 5.68. The van der Waals surface area contributed by atoms with E-state index >= 15 is 0 Å². The molecule has 0 bridgehead atoms. The average molecular weight is 400 g/mol. The van der Waals surface area contributed by atoms with Crippen molar-refractivity contribution >= 4 is 23.4 Å². The van der Waals surface area contributed by atoms with E-state index < -0.39 is 0 Å². The maximum Gasteiger partial charge on any atom is 0.367 e. The molecule has 0 radical (unpaired) electrons. The van der Waals surface area contributed by atoms with Gasteiger partial charge in [0.25, 0.3) is 0 Å². The van der Waals surface area contributed by atoms with Crippen LogP contribution in [0.2, 0.25) is 0 Å². The van der Waals surface area contributed by atoms with Gasteiger partial charge in [-0.05, 0) is 38.4 Å². The molecule has 4 rings (SSSR count). The van der Waals surface area contributed by atoms with E-state index in [0.29, 0.717) is 5.03 Å². The second-order valence-corrected chi connectivity index (χ2v) is 8.21. The smallest absolute Gasteiger partial charge is 0.325 e. The molecule has 1 amide bonds. The number of anilines is 1. The molecular weight excluding hydrogens is 374 g/mol. The zero-order valence-electron chi connectivity index (χ0n) is 16.1. The van der Waals surface area contributed by atoms with E-state index in [1.54, 1.807) is 4.68 Å². The van der Waals surface area contributed by atoms with Gasteiger partial charge in [-0.3, -0.25) is 4.79 Å². The number of carbonyl (C=O) groups excluding carboxylic acids is 1. The number of rotatable bonds is 5.